The number of benzene rings is 6. The lowest BCUT2D eigenvalue weighted by atomic mass is 9.98. The predicted molar refractivity (Wildman–Crippen MR) is 409 cm³/mol. The molecule has 6 heterocycles. The molecule has 18 nitrogen and oxygen atoms in total. The molecule has 0 bridgehead atoms. The maximum atomic E-state index is 15.1. The zero-order chi connectivity index (χ0) is 72.4. The van der Waals surface area contributed by atoms with E-state index in [2.05, 4.69) is 118 Å². The van der Waals surface area contributed by atoms with Crippen LogP contribution in [0, 0.1) is 23.5 Å². The maximum Gasteiger partial charge on any atom is 0.408 e. The smallest absolute Gasteiger partial charge is 0.408 e. The monoisotopic (exact) mass is 1470 g/mol. The summed E-state index contributed by atoms with van der Waals surface area (Å²) in [7, 11) is 9.98. The van der Waals surface area contributed by atoms with E-state index in [0.29, 0.717) is 85.5 Å². The molecule has 0 radical (unpaired) electrons. The van der Waals surface area contributed by atoms with E-state index in [-0.39, 0.29) is 42.8 Å². The van der Waals surface area contributed by atoms with Crippen molar-refractivity contribution in [3.63, 3.8) is 0 Å². The first-order chi connectivity index (χ1) is 50.1. The lowest BCUT2D eigenvalue weighted by Crippen LogP contribution is -2.34. The third-order valence-corrected chi connectivity index (χ3v) is 22.1. The number of halogens is 2. The van der Waals surface area contributed by atoms with E-state index < -0.39 is 36.2 Å². The van der Waals surface area contributed by atoms with Crippen LogP contribution >= 0.6 is 43.2 Å². The summed E-state index contributed by atoms with van der Waals surface area (Å²) in [6.45, 7) is 12.0. The van der Waals surface area contributed by atoms with Gasteiger partial charge in [0.25, 0.3) is 18.3 Å². The summed E-state index contributed by atoms with van der Waals surface area (Å²) in [5.74, 6) is 0.145. The second kappa shape index (κ2) is 36.3. The standard InChI is InChI=1S/2C32H36FN5O3S2.C15H12O2/c2*1-20(2)16-27(37-32(40)41-14-15-42-43-28-6-4-5-12-35-28)38-26-18-23(33)17-25-29(26)24(11-13-36-31(25)39)30(38)22-9-7-21(8-10-22)19-34-3;16-10-17-9-15-13-7-3-1-5-11(13)12-6-2-4-8-14(12)15/h2*4-10,12,17-18,20,27,34H,11,13-16,19H2,1-3H3,(H,36,39)(H,37,40);1-8,10,15H,9H2. The molecule has 0 fully saturated rings. The topological polar surface area (TPSA) is 221 Å². The first kappa shape index (κ1) is 75.0. The van der Waals surface area contributed by atoms with Gasteiger partial charge >= 0.3 is 12.2 Å². The van der Waals surface area contributed by atoms with Crippen LogP contribution < -0.4 is 31.9 Å². The van der Waals surface area contributed by atoms with Crippen molar-refractivity contribution in [2.75, 3.05) is 58.5 Å². The van der Waals surface area contributed by atoms with Crippen molar-refractivity contribution in [3.8, 4) is 33.6 Å². The Morgan fingerprint density at radius 1 is 0.573 bits per heavy atom. The number of rotatable bonds is 27. The summed E-state index contributed by atoms with van der Waals surface area (Å²) < 4.78 is 50.3. The van der Waals surface area contributed by atoms with E-state index >= 15 is 8.78 Å². The van der Waals surface area contributed by atoms with E-state index in [1.807, 2.05) is 108 Å². The zero-order valence-corrected chi connectivity index (χ0v) is 61.5. The minimum atomic E-state index is -0.547. The minimum absolute atomic E-state index is 0.174. The third kappa shape index (κ3) is 18.6. The van der Waals surface area contributed by atoms with E-state index in [0.717, 1.165) is 78.7 Å². The molecule has 536 valence electrons. The van der Waals surface area contributed by atoms with Crippen molar-refractivity contribution in [2.24, 2.45) is 11.8 Å². The van der Waals surface area contributed by atoms with Gasteiger partial charge in [0.2, 0.25) is 0 Å². The number of carbonyl (C=O) groups excluding carboxylic acids is 5. The maximum absolute atomic E-state index is 15.1. The molecule has 10 aromatic rings. The Bertz CT molecular complexity index is 4300. The van der Waals surface area contributed by atoms with Crippen molar-refractivity contribution < 1.29 is 47.0 Å². The Hall–Kier alpha value is -9.17. The molecule has 0 saturated heterocycles. The molecule has 3 aliphatic rings. The summed E-state index contributed by atoms with van der Waals surface area (Å²) in [6, 6.07) is 50.0. The second-order valence-corrected chi connectivity index (χ2v) is 30.6. The van der Waals surface area contributed by atoms with Gasteiger partial charge in [-0.2, -0.15) is 0 Å². The van der Waals surface area contributed by atoms with Gasteiger partial charge in [0, 0.05) is 66.8 Å². The van der Waals surface area contributed by atoms with Gasteiger partial charge in [-0.1, -0.05) is 158 Å². The lowest BCUT2D eigenvalue weighted by molar-refractivity contribution is -0.128. The van der Waals surface area contributed by atoms with Gasteiger partial charge in [-0.05, 0) is 177 Å². The van der Waals surface area contributed by atoms with Crippen molar-refractivity contribution in [1.82, 2.24) is 51.0 Å². The van der Waals surface area contributed by atoms with Crippen LogP contribution in [0.5, 0.6) is 0 Å². The van der Waals surface area contributed by atoms with Crippen molar-refractivity contribution in [2.45, 2.75) is 94.8 Å². The molecule has 4 aromatic heterocycles. The Kier molecular flexibility index (Phi) is 26.4. The van der Waals surface area contributed by atoms with Gasteiger partial charge in [-0.25, -0.2) is 28.3 Å². The van der Waals surface area contributed by atoms with Crippen LogP contribution in [0.15, 0.2) is 180 Å². The number of aromatic nitrogens is 4. The van der Waals surface area contributed by atoms with Crippen molar-refractivity contribution in [3.05, 3.63) is 226 Å². The van der Waals surface area contributed by atoms with Crippen LogP contribution in [0.3, 0.4) is 0 Å². The molecule has 13 rings (SSSR count). The fourth-order valence-electron chi connectivity index (χ4n) is 13.5. The number of nitrogens with zero attached hydrogens (tertiary/aromatic N) is 4. The first-order valence-corrected chi connectivity index (χ1v) is 39.0. The molecule has 1 aliphatic carbocycles. The normalized spacial score (nSPS) is 13.5. The van der Waals surface area contributed by atoms with Crippen LogP contribution in [0.1, 0.15) is 113 Å². The van der Waals surface area contributed by atoms with Gasteiger partial charge in [-0.15, -0.1) is 0 Å². The Balaban J connectivity index is 0.000000168. The largest absolute Gasteiger partial charge is 0.467 e. The summed E-state index contributed by atoms with van der Waals surface area (Å²) in [5, 5.41) is 21.5. The highest BCUT2D eigenvalue weighted by atomic mass is 33.1. The molecule has 2 aliphatic heterocycles. The predicted octanol–water partition coefficient (Wildman–Crippen LogP) is 16.1. The van der Waals surface area contributed by atoms with E-state index in [4.69, 9.17) is 14.2 Å². The molecule has 4 amide bonds. The Morgan fingerprint density at radius 3 is 1.38 bits per heavy atom. The Labute approximate surface area is 614 Å². The average molecular weight is 1470 g/mol. The quantitative estimate of drug-likeness (QED) is 0.0122. The number of pyridine rings is 2. The SMILES string of the molecule is CNCc1ccc(-c2c3c4c(cc(F)cc4n2C(CC(C)C)NC(=O)OCCSSc2ccccn2)C(=O)NCC3)cc1.CNCc1ccc(-c2c3c4c(cc(F)cc4n2C(CC(C)C)NC(=O)OCCSSc2ccccn2)C(=O)NCC3)cc1.O=COCC1c2ccccc2-c2ccccc21. The van der Waals surface area contributed by atoms with Crippen LogP contribution in [-0.2, 0) is 44.9 Å². The molecule has 2 atom stereocenters. The molecule has 0 saturated carbocycles. The third-order valence-electron chi connectivity index (χ3n) is 17.6. The summed E-state index contributed by atoms with van der Waals surface area (Å²) >= 11 is 0. The summed E-state index contributed by atoms with van der Waals surface area (Å²) in [4.78, 5) is 71.3. The fourth-order valence-corrected chi connectivity index (χ4v) is 16.9. The number of carbonyl (C=O) groups is 5. The highest BCUT2D eigenvalue weighted by Crippen LogP contribution is 2.46. The van der Waals surface area contributed by atoms with Gasteiger partial charge in [-0.3, -0.25) is 14.4 Å². The molecule has 103 heavy (non-hydrogen) atoms. The van der Waals surface area contributed by atoms with Crippen molar-refractivity contribution in [1.29, 1.82) is 0 Å². The molecular formula is C79H84F2N10O8S4. The highest BCUT2D eigenvalue weighted by Gasteiger charge is 2.34. The van der Waals surface area contributed by atoms with E-state index in [1.165, 1.54) is 68.1 Å². The second-order valence-electron chi connectivity index (χ2n) is 25.7. The van der Waals surface area contributed by atoms with Gasteiger partial charge in [0.1, 0.15) is 53.8 Å². The number of alkyl carbamates (subject to hydrolysis) is 2. The van der Waals surface area contributed by atoms with Crippen LogP contribution in [0.2, 0.25) is 0 Å². The molecule has 2 unspecified atom stereocenters. The van der Waals surface area contributed by atoms with Gasteiger partial charge in [0.05, 0.1) is 33.5 Å². The Morgan fingerprint density at radius 2 is 0.990 bits per heavy atom. The number of fused-ring (bicyclic) bond motifs is 3. The van der Waals surface area contributed by atoms with Crippen LogP contribution in [0.25, 0.3) is 55.4 Å². The average Bonchev–Trinajstić information content (AvgIpc) is 1.59. The van der Waals surface area contributed by atoms with E-state index in [1.54, 1.807) is 34.0 Å². The molecular weight excluding hydrogens is 1380 g/mol. The molecule has 6 N–H and O–H groups in total. The minimum Gasteiger partial charge on any atom is -0.467 e. The van der Waals surface area contributed by atoms with Crippen molar-refractivity contribution >= 4 is 95.5 Å². The molecule has 6 aromatic carbocycles. The lowest BCUT2D eigenvalue weighted by Gasteiger charge is -2.26. The number of hydrogen-bond acceptors (Lipinski definition) is 16. The molecule has 24 heteroatoms. The zero-order valence-electron chi connectivity index (χ0n) is 58.3. The number of amides is 4. The fraction of sp³-hybridized carbons (Fsp3) is 0.304. The number of ether oxygens (including phenoxy) is 3. The number of nitrogens with one attached hydrogen (secondary N) is 6. The summed E-state index contributed by atoms with van der Waals surface area (Å²) in [6.07, 6.45) is 3.61. The number of hydrogen-bond donors (Lipinski definition) is 6. The highest BCUT2D eigenvalue weighted by molar-refractivity contribution is 8.77. The van der Waals surface area contributed by atoms with E-state index in [9.17, 15) is 24.0 Å². The molecule has 0 spiro atoms. The van der Waals surface area contributed by atoms with Gasteiger partial charge in [0.15, 0.2) is 0 Å². The van der Waals surface area contributed by atoms with Gasteiger partial charge < -0.3 is 55.2 Å². The van der Waals surface area contributed by atoms with Crippen LogP contribution in [0.4, 0.5) is 18.4 Å². The first-order valence-electron chi connectivity index (χ1n) is 34.4. The van der Waals surface area contributed by atoms with Crippen LogP contribution in [-0.4, -0.2) is 108 Å². The summed E-state index contributed by atoms with van der Waals surface area (Å²) in [5.41, 5.74) is 14.5.